The number of nitrogens with zero attached hydrogens (tertiary/aromatic N) is 3. The number of piperazine rings is 1. The highest BCUT2D eigenvalue weighted by molar-refractivity contribution is 6.31. The van der Waals surface area contributed by atoms with E-state index in [2.05, 4.69) is 10.2 Å². The lowest BCUT2D eigenvalue weighted by Crippen LogP contribution is -2.45. The number of hydrogen-bond acceptors (Lipinski definition) is 5. The Morgan fingerprint density at radius 2 is 1.97 bits per heavy atom. The molecule has 178 valence electrons. The number of carbonyl (C=O) groups is 1. The Morgan fingerprint density at radius 1 is 1.24 bits per heavy atom. The number of ether oxygens (including phenoxy) is 1. The van der Waals surface area contributed by atoms with Crippen LogP contribution in [-0.2, 0) is 6.54 Å². The average Bonchev–Trinajstić information content (AvgIpc) is 2.82. The molecule has 9 heteroatoms. The maximum absolute atomic E-state index is 15.4. The lowest BCUT2D eigenvalue weighted by molar-refractivity contribution is 0.0948. The Morgan fingerprint density at radius 3 is 2.71 bits per heavy atom. The Hall–Kier alpha value is -3.10. The predicted molar refractivity (Wildman–Crippen MR) is 131 cm³/mol. The fourth-order valence-electron chi connectivity index (χ4n) is 4.61. The van der Waals surface area contributed by atoms with Crippen LogP contribution in [0.2, 0.25) is 5.02 Å². The third kappa shape index (κ3) is 3.91. The molecular weight excluding hydrogens is 459 g/mol. The van der Waals surface area contributed by atoms with E-state index >= 15 is 4.39 Å². The van der Waals surface area contributed by atoms with Crippen molar-refractivity contribution in [2.75, 3.05) is 44.7 Å². The van der Waals surface area contributed by atoms with Crippen molar-refractivity contribution >= 4 is 34.1 Å². The number of pyridine rings is 1. The largest absolute Gasteiger partial charge is 0.487 e. The minimum absolute atomic E-state index is 0.0361. The first-order chi connectivity index (χ1) is 16.3. The molecule has 0 spiro atoms. The zero-order valence-corrected chi connectivity index (χ0v) is 19.9. The molecule has 3 aromatic rings. The number of anilines is 1. The van der Waals surface area contributed by atoms with E-state index in [9.17, 15) is 9.59 Å². The van der Waals surface area contributed by atoms with Crippen LogP contribution in [0, 0.1) is 5.82 Å². The minimum atomic E-state index is -0.528. The van der Waals surface area contributed by atoms with Crippen LogP contribution in [0.1, 0.15) is 28.9 Å². The number of benzene rings is 2. The summed E-state index contributed by atoms with van der Waals surface area (Å²) in [5, 5.41) is 3.44. The smallest absolute Gasteiger partial charge is 0.257 e. The summed E-state index contributed by atoms with van der Waals surface area (Å²) in [7, 11) is 2.03. The van der Waals surface area contributed by atoms with E-state index in [4.69, 9.17) is 16.3 Å². The van der Waals surface area contributed by atoms with Crippen LogP contribution in [0.4, 0.5) is 10.1 Å². The molecule has 2 aromatic carbocycles. The summed E-state index contributed by atoms with van der Waals surface area (Å²) >= 11 is 6.18. The van der Waals surface area contributed by atoms with Crippen LogP contribution in [-0.4, -0.2) is 55.2 Å². The van der Waals surface area contributed by atoms with Gasteiger partial charge in [-0.15, -0.1) is 0 Å². The fraction of sp³-hybridized carbons (Fsp3) is 0.360. The van der Waals surface area contributed by atoms with E-state index in [-0.39, 0.29) is 23.5 Å². The number of carbonyl (C=O) groups excluding carboxylic acids is 1. The summed E-state index contributed by atoms with van der Waals surface area (Å²) in [4.78, 5) is 30.5. The molecule has 2 aliphatic rings. The van der Waals surface area contributed by atoms with Gasteiger partial charge in [-0.2, -0.15) is 0 Å². The second-order valence-corrected chi connectivity index (χ2v) is 9.34. The monoisotopic (exact) mass is 484 g/mol. The van der Waals surface area contributed by atoms with Crippen molar-refractivity contribution in [1.29, 1.82) is 0 Å². The van der Waals surface area contributed by atoms with Gasteiger partial charge in [0, 0.05) is 43.9 Å². The maximum atomic E-state index is 15.4. The second kappa shape index (κ2) is 8.92. The van der Waals surface area contributed by atoms with Crippen LogP contribution < -0.4 is 20.4 Å². The molecule has 7 nitrogen and oxygen atoms in total. The third-order valence-corrected chi connectivity index (χ3v) is 6.97. The predicted octanol–water partition coefficient (Wildman–Crippen LogP) is 3.43. The summed E-state index contributed by atoms with van der Waals surface area (Å²) in [5.41, 5.74) is 1.10. The van der Waals surface area contributed by atoms with Gasteiger partial charge in [-0.1, -0.05) is 29.8 Å². The fourth-order valence-corrected chi connectivity index (χ4v) is 4.81. The molecule has 1 saturated heterocycles. The van der Waals surface area contributed by atoms with Crippen molar-refractivity contribution in [2.24, 2.45) is 0 Å². The van der Waals surface area contributed by atoms with Crippen LogP contribution in [0.3, 0.4) is 0 Å². The van der Waals surface area contributed by atoms with E-state index in [1.54, 1.807) is 24.4 Å². The van der Waals surface area contributed by atoms with Gasteiger partial charge < -0.3 is 24.4 Å². The molecule has 1 fully saturated rings. The highest BCUT2D eigenvalue weighted by Crippen LogP contribution is 2.42. The van der Waals surface area contributed by atoms with Crippen molar-refractivity contribution in [2.45, 2.75) is 19.5 Å². The van der Waals surface area contributed by atoms with Crippen LogP contribution in [0.15, 0.2) is 41.3 Å². The molecule has 1 atom stereocenters. The van der Waals surface area contributed by atoms with Crippen molar-refractivity contribution in [1.82, 2.24) is 14.8 Å². The second-order valence-electron chi connectivity index (χ2n) is 8.94. The zero-order chi connectivity index (χ0) is 24.0. The molecule has 1 amide bonds. The number of aromatic nitrogens is 1. The Labute approximate surface area is 201 Å². The van der Waals surface area contributed by atoms with E-state index < -0.39 is 17.2 Å². The normalized spacial score (nSPS) is 18.1. The molecule has 5 rings (SSSR count). The lowest BCUT2D eigenvalue weighted by atomic mass is 10.0. The molecule has 0 radical (unpaired) electrons. The van der Waals surface area contributed by atoms with E-state index in [1.807, 2.05) is 29.5 Å². The SMILES string of the molecule is C[C@H]1COc2c(N3CCN(C)CC3)c(F)cc3c(=O)c(C(=O)NCc4ccccc4Cl)cn1c23. The van der Waals surface area contributed by atoms with Gasteiger partial charge in [-0.25, -0.2) is 4.39 Å². The molecule has 0 bridgehead atoms. The van der Waals surface area contributed by atoms with E-state index in [0.29, 0.717) is 41.7 Å². The summed E-state index contributed by atoms with van der Waals surface area (Å²) < 4.78 is 23.3. The number of halogens is 2. The molecular formula is C25H26ClFN4O3. The number of nitrogens with one attached hydrogen (secondary N) is 1. The molecule has 0 saturated carbocycles. The summed E-state index contributed by atoms with van der Waals surface area (Å²) in [6.07, 6.45) is 1.56. The average molecular weight is 485 g/mol. The number of rotatable bonds is 4. The molecule has 1 aromatic heterocycles. The van der Waals surface area contributed by atoms with Gasteiger partial charge in [-0.3, -0.25) is 9.59 Å². The number of likely N-dealkylation sites (N-methyl/N-ethyl adjacent to an activating group) is 1. The molecule has 3 heterocycles. The van der Waals surface area contributed by atoms with Gasteiger partial charge in [0.1, 0.15) is 17.9 Å². The van der Waals surface area contributed by atoms with Gasteiger partial charge in [0.25, 0.3) is 5.91 Å². The van der Waals surface area contributed by atoms with Gasteiger partial charge in [-0.05, 0) is 31.7 Å². The summed E-state index contributed by atoms with van der Waals surface area (Å²) in [5.74, 6) is -0.670. The number of hydrogen-bond donors (Lipinski definition) is 1. The van der Waals surface area contributed by atoms with Crippen molar-refractivity contribution in [3.63, 3.8) is 0 Å². The minimum Gasteiger partial charge on any atom is -0.487 e. The van der Waals surface area contributed by atoms with Gasteiger partial charge in [0.15, 0.2) is 11.6 Å². The first kappa shape index (κ1) is 22.7. The molecule has 34 heavy (non-hydrogen) atoms. The van der Waals surface area contributed by atoms with Crippen molar-refractivity contribution in [3.8, 4) is 5.75 Å². The Kier molecular flexibility index (Phi) is 5.95. The van der Waals surface area contributed by atoms with Crippen molar-refractivity contribution < 1.29 is 13.9 Å². The van der Waals surface area contributed by atoms with Gasteiger partial charge in [0.05, 0.1) is 16.9 Å². The molecule has 0 aliphatic carbocycles. The first-order valence-corrected chi connectivity index (χ1v) is 11.7. The van der Waals surface area contributed by atoms with Crippen LogP contribution in [0.25, 0.3) is 10.9 Å². The summed E-state index contributed by atoms with van der Waals surface area (Å²) in [6, 6.07) is 8.29. The molecule has 2 aliphatic heterocycles. The summed E-state index contributed by atoms with van der Waals surface area (Å²) in [6.45, 7) is 5.38. The lowest BCUT2D eigenvalue weighted by Gasteiger charge is -2.37. The standard InChI is InChI=1S/C25H26ClFN4O3/c1-15-14-34-24-21-17(11-20(27)22(24)30-9-7-29(2)8-10-30)23(32)18(13-31(15)21)25(33)28-12-16-5-3-4-6-19(16)26/h3-6,11,13,15H,7-10,12,14H2,1-2H3,(H,28,33)/t15-/m0/s1. The maximum Gasteiger partial charge on any atom is 0.257 e. The Balaban J connectivity index is 1.57. The molecule has 1 N–H and O–H groups in total. The highest BCUT2D eigenvalue weighted by Gasteiger charge is 2.31. The van der Waals surface area contributed by atoms with Crippen LogP contribution >= 0.6 is 11.6 Å². The quantitative estimate of drug-likeness (QED) is 0.614. The third-order valence-electron chi connectivity index (χ3n) is 6.60. The van der Waals surface area contributed by atoms with E-state index in [0.717, 1.165) is 18.7 Å². The number of amides is 1. The first-order valence-electron chi connectivity index (χ1n) is 11.3. The van der Waals surface area contributed by atoms with Gasteiger partial charge >= 0.3 is 0 Å². The molecule has 0 unspecified atom stereocenters. The van der Waals surface area contributed by atoms with Crippen LogP contribution in [0.5, 0.6) is 5.75 Å². The highest BCUT2D eigenvalue weighted by atomic mass is 35.5. The van der Waals surface area contributed by atoms with E-state index in [1.165, 1.54) is 6.07 Å². The topological polar surface area (TPSA) is 66.8 Å². The Bertz CT molecular complexity index is 1330. The van der Waals surface area contributed by atoms with Crippen molar-refractivity contribution in [3.05, 3.63) is 68.7 Å². The van der Waals surface area contributed by atoms with Gasteiger partial charge in [0.2, 0.25) is 5.43 Å². The zero-order valence-electron chi connectivity index (χ0n) is 19.1.